The van der Waals surface area contributed by atoms with E-state index in [0.717, 1.165) is 5.56 Å². The summed E-state index contributed by atoms with van der Waals surface area (Å²) in [5.74, 6) is -0.338. The first kappa shape index (κ1) is 30.4. The van der Waals surface area contributed by atoms with E-state index in [4.69, 9.17) is 25.8 Å². The summed E-state index contributed by atoms with van der Waals surface area (Å²) in [5, 5.41) is 0.316. The lowest BCUT2D eigenvalue weighted by atomic mass is 10.0. The van der Waals surface area contributed by atoms with E-state index in [9.17, 15) is 14.4 Å². The average Bonchev–Trinajstić information content (AvgIpc) is 2.94. The monoisotopic (exact) mass is 567 g/mol. The van der Waals surface area contributed by atoms with Crippen LogP contribution in [0.15, 0.2) is 73.1 Å². The van der Waals surface area contributed by atoms with E-state index in [1.807, 2.05) is 51.1 Å². The third-order valence-electron chi connectivity index (χ3n) is 5.92. The van der Waals surface area contributed by atoms with Gasteiger partial charge in [0.25, 0.3) is 5.91 Å². The third kappa shape index (κ3) is 8.98. The van der Waals surface area contributed by atoms with Crippen LogP contribution in [0.1, 0.15) is 43.1 Å². The number of nitrogens with zero attached hydrogens (tertiary/aromatic N) is 3. The number of benzene rings is 2. The molecular weight excluding hydrogens is 534 g/mol. The highest BCUT2D eigenvalue weighted by molar-refractivity contribution is 6.31. The first-order valence-corrected chi connectivity index (χ1v) is 13.2. The van der Waals surface area contributed by atoms with Gasteiger partial charge in [-0.3, -0.25) is 19.5 Å². The van der Waals surface area contributed by atoms with Crippen molar-refractivity contribution in [1.29, 1.82) is 0 Å². The normalized spacial score (nSPS) is 10.9. The second-order valence-corrected chi connectivity index (χ2v) is 10.3. The predicted octanol–water partition coefficient (Wildman–Crippen LogP) is 5.76. The number of anilines is 1. The number of esters is 1. The van der Waals surface area contributed by atoms with Gasteiger partial charge in [0.2, 0.25) is 0 Å². The molecule has 9 nitrogen and oxygen atoms in total. The zero-order valence-electron chi connectivity index (χ0n) is 23.1. The minimum atomic E-state index is -0.556. The van der Waals surface area contributed by atoms with E-state index in [1.54, 1.807) is 47.6 Å². The second-order valence-electron chi connectivity index (χ2n) is 9.88. The molecule has 1 aromatic heterocycles. The van der Waals surface area contributed by atoms with Crippen LogP contribution < -0.4 is 9.64 Å². The van der Waals surface area contributed by atoms with Gasteiger partial charge in [0.1, 0.15) is 19.0 Å². The molecule has 2 amide bonds. The Bertz CT molecular complexity index is 1280. The van der Waals surface area contributed by atoms with Gasteiger partial charge in [-0.25, -0.2) is 4.79 Å². The zero-order valence-corrected chi connectivity index (χ0v) is 23.9. The summed E-state index contributed by atoms with van der Waals surface area (Å²) in [7, 11) is 1.31. The van der Waals surface area contributed by atoms with Crippen molar-refractivity contribution in [1.82, 2.24) is 9.88 Å². The SMILES string of the molecule is COC(=O)CCN(C(=O)c1cc(Cl)cc(OCCN(C(=O)OCc2ccccc2)c2ccncc2)c1)C(C)(C)C. The fraction of sp³-hybridized carbons (Fsp3) is 0.333. The highest BCUT2D eigenvalue weighted by Gasteiger charge is 2.28. The topological polar surface area (TPSA) is 98.3 Å². The molecule has 212 valence electrons. The summed E-state index contributed by atoms with van der Waals surface area (Å²) < 4.78 is 16.2. The highest BCUT2D eigenvalue weighted by Crippen LogP contribution is 2.25. The second kappa shape index (κ2) is 14.3. The van der Waals surface area contributed by atoms with E-state index in [1.165, 1.54) is 12.0 Å². The fourth-order valence-electron chi connectivity index (χ4n) is 3.87. The molecule has 0 spiro atoms. The van der Waals surface area contributed by atoms with Crippen LogP contribution in [0.4, 0.5) is 10.5 Å². The molecule has 0 aliphatic heterocycles. The zero-order chi connectivity index (χ0) is 29.1. The molecule has 0 aliphatic carbocycles. The number of rotatable bonds is 11. The van der Waals surface area contributed by atoms with Crippen molar-refractivity contribution in [3.05, 3.63) is 89.2 Å². The number of hydrogen-bond acceptors (Lipinski definition) is 7. The summed E-state index contributed by atoms with van der Waals surface area (Å²) in [6.45, 7) is 6.23. The van der Waals surface area contributed by atoms with Gasteiger partial charge >= 0.3 is 12.1 Å². The number of halogens is 1. The van der Waals surface area contributed by atoms with Crippen molar-refractivity contribution >= 4 is 35.3 Å². The Morgan fingerprint density at radius 3 is 2.30 bits per heavy atom. The number of carbonyl (C=O) groups is 3. The largest absolute Gasteiger partial charge is 0.492 e. The third-order valence-corrected chi connectivity index (χ3v) is 6.14. The number of carbonyl (C=O) groups excluding carboxylic acids is 3. The summed E-state index contributed by atoms with van der Waals surface area (Å²) in [6, 6.07) is 17.5. The van der Waals surface area contributed by atoms with Crippen LogP contribution in [-0.2, 0) is 20.9 Å². The van der Waals surface area contributed by atoms with Crippen LogP contribution in [0.2, 0.25) is 5.02 Å². The number of hydrogen-bond donors (Lipinski definition) is 0. The van der Waals surface area contributed by atoms with E-state index in [2.05, 4.69) is 4.98 Å². The minimum absolute atomic E-state index is 0.0641. The molecule has 0 saturated carbocycles. The van der Waals surface area contributed by atoms with E-state index >= 15 is 0 Å². The molecule has 40 heavy (non-hydrogen) atoms. The Morgan fingerprint density at radius 2 is 1.65 bits per heavy atom. The van der Waals surface area contributed by atoms with Crippen molar-refractivity contribution in [2.45, 2.75) is 39.3 Å². The summed E-state index contributed by atoms with van der Waals surface area (Å²) in [4.78, 5) is 45.2. The van der Waals surface area contributed by atoms with E-state index in [0.29, 0.717) is 22.0 Å². The van der Waals surface area contributed by atoms with Gasteiger partial charge in [0.15, 0.2) is 0 Å². The van der Waals surface area contributed by atoms with Crippen LogP contribution in [-0.4, -0.2) is 60.2 Å². The molecule has 3 aromatic rings. The van der Waals surface area contributed by atoms with Crippen molar-refractivity contribution in [2.75, 3.05) is 31.7 Å². The van der Waals surface area contributed by atoms with Crippen LogP contribution in [0, 0.1) is 0 Å². The predicted molar refractivity (Wildman–Crippen MR) is 153 cm³/mol. The number of ether oxygens (including phenoxy) is 3. The van der Waals surface area contributed by atoms with Crippen LogP contribution in [0.5, 0.6) is 5.75 Å². The molecular formula is C30H34ClN3O6. The molecule has 0 unspecified atom stereocenters. The Labute approximate surface area is 239 Å². The number of amides is 2. The first-order valence-electron chi connectivity index (χ1n) is 12.8. The van der Waals surface area contributed by atoms with Crippen LogP contribution in [0.3, 0.4) is 0 Å². The fourth-order valence-corrected chi connectivity index (χ4v) is 4.10. The van der Waals surface area contributed by atoms with Crippen LogP contribution >= 0.6 is 11.6 Å². The maximum Gasteiger partial charge on any atom is 0.414 e. The number of pyridine rings is 1. The van der Waals surface area contributed by atoms with Crippen LogP contribution in [0.25, 0.3) is 0 Å². The van der Waals surface area contributed by atoms with Crippen molar-refractivity contribution in [3.63, 3.8) is 0 Å². The maximum absolute atomic E-state index is 13.4. The Kier molecular flexibility index (Phi) is 10.9. The lowest BCUT2D eigenvalue weighted by Gasteiger charge is -2.35. The smallest absolute Gasteiger partial charge is 0.414 e. The molecule has 0 saturated heterocycles. The summed E-state index contributed by atoms with van der Waals surface area (Å²) in [5.41, 5.74) is 1.23. The molecule has 0 fully saturated rings. The van der Waals surface area contributed by atoms with E-state index in [-0.39, 0.29) is 38.6 Å². The molecule has 3 rings (SSSR count). The standard InChI is InChI=1S/C30H34ClN3O6/c1-30(2,3)34(15-12-27(35)38-4)28(36)23-18-24(31)20-26(19-23)39-17-16-33(25-10-13-32-14-11-25)29(37)40-21-22-8-6-5-7-9-22/h5-11,13-14,18-20H,12,15-17,21H2,1-4H3. The quantitative estimate of drug-likeness (QED) is 0.272. The van der Waals surface area contributed by atoms with Gasteiger partial charge in [0, 0.05) is 35.1 Å². The van der Waals surface area contributed by atoms with Gasteiger partial charge in [-0.2, -0.15) is 0 Å². The molecule has 0 radical (unpaired) electrons. The van der Waals surface area contributed by atoms with Crippen molar-refractivity contribution in [3.8, 4) is 5.75 Å². The lowest BCUT2D eigenvalue weighted by molar-refractivity contribution is -0.141. The number of methoxy groups -OCH3 is 1. The first-order chi connectivity index (χ1) is 19.1. The molecule has 1 heterocycles. The van der Waals surface area contributed by atoms with Gasteiger partial charge < -0.3 is 19.1 Å². The van der Waals surface area contributed by atoms with Gasteiger partial charge in [-0.1, -0.05) is 41.9 Å². The molecule has 0 N–H and O–H groups in total. The molecule has 0 aliphatic rings. The Hall–Kier alpha value is -4.11. The minimum Gasteiger partial charge on any atom is -0.492 e. The van der Waals surface area contributed by atoms with Gasteiger partial charge in [-0.05, 0) is 56.7 Å². The summed E-state index contributed by atoms with van der Waals surface area (Å²) >= 11 is 6.33. The van der Waals surface area contributed by atoms with E-state index < -0.39 is 17.6 Å². The highest BCUT2D eigenvalue weighted by atomic mass is 35.5. The molecule has 10 heteroatoms. The number of aromatic nitrogens is 1. The van der Waals surface area contributed by atoms with Gasteiger partial charge in [0.05, 0.1) is 25.8 Å². The average molecular weight is 568 g/mol. The Morgan fingerprint density at radius 1 is 0.950 bits per heavy atom. The molecule has 0 atom stereocenters. The van der Waals surface area contributed by atoms with Crippen molar-refractivity contribution < 1.29 is 28.6 Å². The Balaban J connectivity index is 1.71. The molecule has 0 bridgehead atoms. The van der Waals surface area contributed by atoms with Gasteiger partial charge in [-0.15, -0.1) is 0 Å². The summed E-state index contributed by atoms with van der Waals surface area (Å²) in [6.07, 6.45) is 2.70. The van der Waals surface area contributed by atoms with Crippen molar-refractivity contribution in [2.24, 2.45) is 0 Å². The maximum atomic E-state index is 13.4. The molecule has 2 aromatic carbocycles. The lowest BCUT2D eigenvalue weighted by Crippen LogP contribution is -2.46.